The number of hydrogen-bond donors (Lipinski definition) is 1. The van der Waals surface area contributed by atoms with Gasteiger partial charge in [-0.1, -0.05) is 0 Å². The first kappa shape index (κ1) is 14.5. The van der Waals surface area contributed by atoms with E-state index in [-0.39, 0.29) is 6.61 Å². The summed E-state index contributed by atoms with van der Waals surface area (Å²) in [5.41, 5.74) is 7.38. The van der Waals surface area contributed by atoms with Gasteiger partial charge in [-0.3, -0.25) is 0 Å². The molecular weight excluding hydrogens is 258 g/mol. The first-order valence-corrected chi connectivity index (χ1v) is 6.63. The van der Waals surface area contributed by atoms with Crippen molar-refractivity contribution >= 4 is 17.3 Å². The Kier molecular flexibility index (Phi) is 4.68. The molecule has 6 heteroatoms. The van der Waals surface area contributed by atoms with Crippen molar-refractivity contribution < 1.29 is 14.3 Å². The fourth-order valence-corrected chi connectivity index (χ4v) is 2.15. The summed E-state index contributed by atoms with van der Waals surface area (Å²) >= 11 is 0. The maximum Gasteiger partial charge on any atom is 0.343 e. The molecule has 110 valence electrons. The second-order valence-electron chi connectivity index (χ2n) is 4.88. The zero-order valence-corrected chi connectivity index (χ0v) is 12.0. The summed E-state index contributed by atoms with van der Waals surface area (Å²) in [5.74, 6) is 0.219. The monoisotopic (exact) mass is 279 g/mol. The molecule has 6 nitrogen and oxygen atoms in total. The summed E-state index contributed by atoms with van der Waals surface area (Å²) in [4.78, 5) is 15.7. The van der Waals surface area contributed by atoms with Crippen molar-refractivity contribution in [3.05, 3.63) is 18.2 Å². The average molecular weight is 279 g/mol. The summed E-state index contributed by atoms with van der Waals surface area (Å²) in [7, 11) is 3.45. The van der Waals surface area contributed by atoms with Crippen molar-refractivity contribution in [2.24, 2.45) is 0 Å². The van der Waals surface area contributed by atoms with Crippen LogP contribution in [0.2, 0.25) is 0 Å². The normalized spacial score (nSPS) is 16.0. The highest BCUT2D eigenvalue weighted by Gasteiger charge is 2.18. The van der Waals surface area contributed by atoms with Gasteiger partial charge in [-0.25, -0.2) is 4.79 Å². The van der Waals surface area contributed by atoms with Crippen LogP contribution in [-0.2, 0) is 9.53 Å². The molecule has 0 spiro atoms. The van der Waals surface area contributed by atoms with Gasteiger partial charge in [0.25, 0.3) is 0 Å². The number of nitrogen functional groups attached to an aromatic ring is 1. The number of hydrogen-bond acceptors (Lipinski definition) is 6. The van der Waals surface area contributed by atoms with Gasteiger partial charge in [0.05, 0.1) is 12.8 Å². The molecule has 0 radical (unpaired) electrons. The van der Waals surface area contributed by atoms with E-state index in [1.807, 2.05) is 12.1 Å². The van der Waals surface area contributed by atoms with Gasteiger partial charge in [-0.05, 0) is 19.2 Å². The molecule has 1 fully saturated rings. The van der Waals surface area contributed by atoms with Crippen LogP contribution >= 0.6 is 0 Å². The smallest absolute Gasteiger partial charge is 0.343 e. The minimum atomic E-state index is -0.406. The van der Waals surface area contributed by atoms with E-state index < -0.39 is 5.97 Å². The number of rotatable bonds is 4. The Bertz CT molecular complexity index is 471. The van der Waals surface area contributed by atoms with Crippen LogP contribution < -0.4 is 15.4 Å². The minimum absolute atomic E-state index is 0.110. The molecule has 0 atom stereocenters. The van der Waals surface area contributed by atoms with Gasteiger partial charge in [0.15, 0.2) is 6.61 Å². The number of carbonyl (C=O) groups is 1. The fraction of sp³-hybridized carbons (Fsp3) is 0.500. The van der Waals surface area contributed by atoms with Gasteiger partial charge in [0.1, 0.15) is 5.75 Å². The number of anilines is 2. The van der Waals surface area contributed by atoms with Crippen LogP contribution in [0.1, 0.15) is 0 Å². The predicted octanol–water partition coefficient (Wildman–Crippen LogP) is 0.572. The highest BCUT2D eigenvalue weighted by atomic mass is 16.6. The van der Waals surface area contributed by atoms with E-state index in [9.17, 15) is 4.79 Å². The van der Waals surface area contributed by atoms with Gasteiger partial charge in [0.2, 0.25) is 0 Å². The second-order valence-corrected chi connectivity index (χ2v) is 4.88. The molecule has 1 saturated heterocycles. The van der Waals surface area contributed by atoms with Crippen LogP contribution in [0.3, 0.4) is 0 Å². The Morgan fingerprint density at radius 1 is 1.30 bits per heavy atom. The van der Waals surface area contributed by atoms with Crippen molar-refractivity contribution in [1.29, 1.82) is 0 Å². The van der Waals surface area contributed by atoms with Crippen molar-refractivity contribution in [3.8, 4) is 5.75 Å². The standard InChI is InChI=1S/C14H21N3O3/c1-16-5-7-17(8-6-16)12-4-3-11(15)9-13(12)20-10-14(18)19-2/h3-4,9H,5-8,10,15H2,1-2H3. The quantitative estimate of drug-likeness (QED) is 0.642. The molecular formula is C14H21N3O3. The SMILES string of the molecule is COC(=O)COc1cc(N)ccc1N1CCN(C)CC1. The lowest BCUT2D eigenvalue weighted by atomic mass is 10.2. The van der Waals surface area contributed by atoms with Gasteiger partial charge in [-0.15, -0.1) is 0 Å². The number of likely N-dealkylation sites (N-methyl/N-ethyl adjacent to an activating group) is 1. The number of nitrogens with two attached hydrogens (primary N) is 1. The topological polar surface area (TPSA) is 68.0 Å². The Balaban J connectivity index is 2.12. The summed E-state index contributed by atoms with van der Waals surface area (Å²) in [6.07, 6.45) is 0. The van der Waals surface area contributed by atoms with Gasteiger partial charge >= 0.3 is 5.97 Å². The molecule has 2 N–H and O–H groups in total. The van der Waals surface area contributed by atoms with E-state index >= 15 is 0 Å². The average Bonchev–Trinajstić information content (AvgIpc) is 2.46. The number of benzene rings is 1. The molecule has 1 aromatic rings. The fourth-order valence-electron chi connectivity index (χ4n) is 2.15. The van der Waals surface area contributed by atoms with Crippen molar-refractivity contribution in [1.82, 2.24) is 4.90 Å². The zero-order chi connectivity index (χ0) is 14.5. The van der Waals surface area contributed by atoms with Crippen LogP contribution in [0.4, 0.5) is 11.4 Å². The van der Waals surface area contributed by atoms with Crippen molar-refractivity contribution in [3.63, 3.8) is 0 Å². The van der Waals surface area contributed by atoms with E-state index in [2.05, 4.69) is 21.6 Å². The molecule has 1 heterocycles. The predicted molar refractivity (Wildman–Crippen MR) is 78.1 cm³/mol. The maximum absolute atomic E-state index is 11.2. The van der Waals surface area contributed by atoms with Crippen LogP contribution in [0.5, 0.6) is 5.75 Å². The van der Waals surface area contributed by atoms with Gasteiger partial charge in [0, 0.05) is 37.9 Å². The van der Waals surface area contributed by atoms with Crippen LogP contribution in [0, 0.1) is 0 Å². The summed E-state index contributed by atoms with van der Waals surface area (Å²) in [6, 6.07) is 5.53. The Morgan fingerprint density at radius 2 is 2.00 bits per heavy atom. The third-order valence-electron chi connectivity index (χ3n) is 3.40. The highest BCUT2D eigenvalue weighted by Crippen LogP contribution is 2.31. The molecule has 0 saturated carbocycles. The van der Waals surface area contributed by atoms with Crippen LogP contribution in [-0.4, -0.2) is 57.8 Å². The van der Waals surface area contributed by atoms with Crippen LogP contribution in [0.25, 0.3) is 0 Å². The summed E-state index contributed by atoms with van der Waals surface area (Å²) in [6.45, 7) is 3.74. The number of carbonyl (C=O) groups excluding carboxylic acids is 1. The van der Waals surface area contributed by atoms with Crippen molar-refractivity contribution in [2.45, 2.75) is 0 Å². The lowest BCUT2D eigenvalue weighted by Gasteiger charge is -2.34. The van der Waals surface area contributed by atoms with Crippen molar-refractivity contribution in [2.75, 3.05) is 57.6 Å². The molecule has 1 aromatic carbocycles. The minimum Gasteiger partial charge on any atom is -0.480 e. The maximum atomic E-state index is 11.2. The molecule has 20 heavy (non-hydrogen) atoms. The lowest BCUT2D eigenvalue weighted by Crippen LogP contribution is -2.44. The first-order valence-electron chi connectivity index (χ1n) is 6.63. The largest absolute Gasteiger partial charge is 0.480 e. The highest BCUT2D eigenvalue weighted by molar-refractivity contribution is 5.72. The van der Waals surface area contributed by atoms with E-state index in [1.165, 1.54) is 7.11 Å². The Hall–Kier alpha value is -1.95. The second kappa shape index (κ2) is 6.47. The molecule has 0 bridgehead atoms. The third kappa shape index (κ3) is 3.54. The molecule has 0 aliphatic carbocycles. The lowest BCUT2D eigenvalue weighted by molar-refractivity contribution is -0.142. The first-order chi connectivity index (χ1) is 9.60. The molecule has 1 aliphatic heterocycles. The zero-order valence-electron chi connectivity index (χ0n) is 12.0. The Morgan fingerprint density at radius 3 is 2.65 bits per heavy atom. The van der Waals surface area contributed by atoms with Gasteiger partial charge in [-0.2, -0.15) is 0 Å². The third-order valence-corrected chi connectivity index (χ3v) is 3.40. The van der Waals surface area contributed by atoms with E-state index in [0.717, 1.165) is 31.9 Å². The van der Waals surface area contributed by atoms with E-state index in [0.29, 0.717) is 11.4 Å². The number of esters is 1. The number of nitrogens with zero attached hydrogens (tertiary/aromatic N) is 2. The van der Waals surface area contributed by atoms with Crippen LogP contribution in [0.15, 0.2) is 18.2 Å². The number of piperazine rings is 1. The summed E-state index contributed by atoms with van der Waals surface area (Å²) < 4.78 is 10.1. The Labute approximate surface area is 119 Å². The molecule has 0 amide bonds. The van der Waals surface area contributed by atoms with E-state index in [4.69, 9.17) is 10.5 Å². The number of ether oxygens (including phenoxy) is 2. The molecule has 0 unspecified atom stereocenters. The number of methoxy groups -OCH3 is 1. The van der Waals surface area contributed by atoms with Gasteiger partial charge < -0.3 is 25.0 Å². The molecule has 0 aromatic heterocycles. The van der Waals surface area contributed by atoms with E-state index in [1.54, 1.807) is 6.07 Å². The molecule has 2 rings (SSSR count). The molecule has 1 aliphatic rings. The summed E-state index contributed by atoms with van der Waals surface area (Å²) in [5, 5.41) is 0.